The predicted molar refractivity (Wildman–Crippen MR) is 102 cm³/mol. The molecule has 0 saturated heterocycles. The molecule has 0 aliphatic heterocycles. The molecule has 3 atom stereocenters. The van der Waals surface area contributed by atoms with E-state index in [1.807, 2.05) is 6.08 Å². The zero-order valence-electron chi connectivity index (χ0n) is 16.0. The molecule has 0 aromatic rings. The van der Waals surface area contributed by atoms with Gasteiger partial charge in [-0.25, -0.2) is 0 Å². The summed E-state index contributed by atoms with van der Waals surface area (Å²) < 4.78 is 6.80. The molecule has 0 fully saturated rings. The first-order chi connectivity index (χ1) is 10.7. The monoisotopic (exact) mass is 342 g/mol. The van der Waals surface area contributed by atoms with Crippen molar-refractivity contribution in [2.24, 2.45) is 5.92 Å². The molecule has 0 aliphatic rings. The highest BCUT2D eigenvalue weighted by molar-refractivity contribution is 6.77. The van der Waals surface area contributed by atoms with E-state index in [4.69, 9.17) is 4.43 Å². The number of aliphatic hydroxyl groups is 2. The Morgan fingerprint density at radius 2 is 1.35 bits per heavy atom. The van der Waals surface area contributed by atoms with Crippen molar-refractivity contribution in [1.82, 2.24) is 0 Å². The summed E-state index contributed by atoms with van der Waals surface area (Å²) in [6, 6.07) is 0. The molecule has 3 nitrogen and oxygen atoms in total. The highest BCUT2D eigenvalue weighted by atomic mass is 28.4. The van der Waals surface area contributed by atoms with Crippen molar-refractivity contribution in [3.05, 3.63) is 25.3 Å². The summed E-state index contributed by atoms with van der Waals surface area (Å²) in [5.74, 6) is -0.311. The first-order valence-corrected chi connectivity index (χ1v) is 11.0. The van der Waals surface area contributed by atoms with Crippen LogP contribution in [0.5, 0.6) is 0 Å². The molecule has 0 radical (unpaired) electrons. The molecule has 0 saturated carbocycles. The summed E-state index contributed by atoms with van der Waals surface area (Å²) in [6.45, 7) is 20.9. The van der Waals surface area contributed by atoms with E-state index in [9.17, 15) is 10.2 Å². The zero-order chi connectivity index (χ0) is 18.2. The Balaban J connectivity index is 5.65. The lowest BCUT2D eigenvalue weighted by atomic mass is 9.92. The average molecular weight is 343 g/mol. The summed E-state index contributed by atoms with van der Waals surface area (Å²) in [6.07, 6.45) is 3.78. The third-order valence-corrected chi connectivity index (χ3v) is 11.2. The molecule has 4 heteroatoms. The normalized spacial score (nSPS) is 16.7. The molecule has 0 heterocycles. The Morgan fingerprint density at radius 3 is 1.65 bits per heavy atom. The fourth-order valence-electron chi connectivity index (χ4n) is 3.98. The SMILES string of the molecule is C=CC[C@@H](O)[C@H](CO)[C@@H](CC=C)O[Si](C(C)C)(C(C)C)C(C)C. The van der Waals surface area contributed by atoms with Gasteiger partial charge in [0, 0.05) is 5.92 Å². The third-order valence-electron chi connectivity index (χ3n) is 5.05. The van der Waals surface area contributed by atoms with Crippen LogP contribution in [0.1, 0.15) is 54.4 Å². The quantitative estimate of drug-likeness (QED) is 0.400. The number of aliphatic hydroxyl groups excluding tert-OH is 2. The Bertz CT molecular complexity index is 331. The third kappa shape index (κ3) is 5.56. The van der Waals surface area contributed by atoms with Crippen molar-refractivity contribution >= 4 is 8.32 Å². The summed E-state index contributed by atoms with van der Waals surface area (Å²) in [5.41, 5.74) is 1.39. The van der Waals surface area contributed by atoms with Gasteiger partial charge >= 0.3 is 0 Å². The molecule has 0 spiro atoms. The van der Waals surface area contributed by atoms with E-state index in [2.05, 4.69) is 54.7 Å². The molecular weight excluding hydrogens is 304 g/mol. The second-order valence-electron chi connectivity index (χ2n) is 7.44. The maximum absolute atomic E-state index is 10.4. The van der Waals surface area contributed by atoms with E-state index in [0.717, 1.165) is 0 Å². The van der Waals surface area contributed by atoms with Crippen LogP contribution in [-0.4, -0.2) is 37.3 Å². The largest absolute Gasteiger partial charge is 0.412 e. The van der Waals surface area contributed by atoms with Gasteiger partial charge in [-0.05, 0) is 29.5 Å². The number of rotatable bonds is 12. The Hall–Kier alpha value is -0.423. The predicted octanol–water partition coefficient (Wildman–Crippen LogP) is 4.67. The van der Waals surface area contributed by atoms with Crippen molar-refractivity contribution < 1.29 is 14.6 Å². The van der Waals surface area contributed by atoms with Crippen LogP contribution in [0.2, 0.25) is 16.6 Å². The van der Waals surface area contributed by atoms with E-state index in [0.29, 0.717) is 29.5 Å². The van der Waals surface area contributed by atoms with Gasteiger partial charge in [0.2, 0.25) is 8.32 Å². The van der Waals surface area contributed by atoms with Gasteiger partial charge in [0.1, 0.15) is 0 Å². The molecule has 0 unspecified atom stereocenters. The molecule has 0 aromatic carbocycles. The first-order valence-electron chi connectivity index (χ1n) is 8.87. The summed E-state index contributed by atoms with van der Waals surface area (Å²) in [4.78, 5) is 0. The molecular formula is C19H38O3Si. The lowest BCUT2D eigenvalue weighted by Crippen LogP contribution is -2.53. The zero-order valence-corrected chi connectivity index (χ0v) is 17.0. The van der Waals surface area contributed by atoms with Crippen LogP contribution < -0.4 is 0 Å². The molecule has 0 amide bonds. The number of hydrogen-bond donors (Lipinski definition) is 2. The lowest BCUT2D eigenvalue weighted by Gasteiger charge is -2.46. The van der Waals surface area contributed by atoms with E-state index < -0.39 is 14.4 Å². The van der Waals surface area contributed by atoms with E-state index in [-0.39, 0.29) is 18.6 Å². The van der Waals surface area contributed by atoms with Crippen LogP contribution in [0.25, 0.3) is 0 Å². The van der Waals surface area contributed by atoms with E-state index in [1.165, 1.54) is 0 Å². The second-order valence-corrected chi connectivity index (χ2v) is 12.8. The van der Waals surface area contributed by atoms with Crippen LogP contribution in [0, 0.1) is 5.92 Å². The van der Waals surface area contributed by atoms with Crippen molar-refractivity contribution in [3.63, 3.8) is 0 Å². The fourth-order valence-corrected chi connectivity index (χ4v) is 9.59. The van der Waals surface area contributed by atoms with Crippen LogP contribution in [-0.2, 0) is 4.43 Å². The van der Waals surface area contributed by atoms with E-state index >= 15 is 0 Å². The standard InChI is InChI=1S/C19H38O3Si/c1-9-11-18(21)17(13-20)19(12-10-2)22-23(14(3)4,15(5)6)16(7)8/h9-10,14-21H,1-2,11-13H2,3-8H3/t17-,18+,19+/m0/s1. The molecule has 2 N–H and O–H groups in total. The highest BCUT2D eigenvalue weighted by Crippen LogP contribution is 2.44. The molecule has 23 heavy (non-hydrogen) atoms. The van der Waals surface area contributed by atoms with Gasteiger partial charge in [0.15, 0.2) is 0 Å². The Kier molecular flexibility index (Phi) is 10.3. The van der Waals surface area contributed by atoms with Gasteiger partial charge in [-0.15, -0.1) is 13.2 Å². The topological polar surface area (TPSA) is 49.7 Å². The molecule has 0 rings (SSSR count). The van der Waals surface area contributed by atoms with Gasteiger partial charge in [-0.1, -0.05) is 53.7 Å². The van der Waals surface area contributed by atoms with Crippen LogP contribution in [0.4, 0.5) is 0 Å². The average Bonchev–Trinajstić information content (AvgIpc) is 2.44. The highest BCUT2D eigenvalue weighted by Gasteiger charge is 2.47. The maximum Gasteiger partial charge on any atom is 0.200 e. The summed E-state index contributed by atoms with van der Waals surface area (Å²) in [7, 11) is -2.07. The second kappa shape index (κ2) is 10.4. The van der Waals surface area contributed by atoms with Crippen molar-refractivity contribution in [1.29, 1.82) is 0 Å². The minimum atomic E-state index is -2.07. The Morgan fingerprint density at radius 1 is 0.913 bits per heavy atom. The van der Waals surface area contributed by atoms with E-state index in [1.54, 1.807) is 6.08 Å². The fraction of sp³-hybridized carbons (Fsp3) is 0.789. The molecule has 0 aliphatic carbocycles. The minimum Gasteiger partial charge on any atom is -0.412 e. The smallest absolute Gasteiger partial charge is 0.200 e. The van der Waals surface area contributed by atoms with Crippen LogP contribution in [0.15, 0.2) is 25.3 Å². The summed E-state index contributed by atoms with van der Waals surface area (Å²) >= 11 is 0. The van der Waals surface area contributed by atoms with Crippen LogP contribution >= 0.6 is 0 Å². The van der Waals surface area contributed by atoms with Crippen molar-refractivity contribution in [3.8, 4) is 0 Å². The van der Waals surface area contributed by atoms with Gasteiger partial charge in [-0.2, -0.15) is 0 Å². The number of hydrogen-bond acceptors (Lipinski definition) is 3. The van der Waals surface area contributed by atoms with Gasteiger partial charge in [0.25, 0.3) is 0 Å². The maximum atomic E-state index is 10.4. The summed E-state index contributed by atoms with van der Waals surface area (Å²) in [5, 5.41) is 20.2. The first kappa shape index (κ1) is 22.6. The van der Waals surface area contributed by atoms with Crippen molar-refractivity contribution in [2.45, 2.75) is 83.2 Å². The van der Waals surface area contributed by atoms with Crippen LogP contribution in [0.3, 0.4) is 0 Å². The Labute approximate surface area is 144 Å². The van der Waals surface area contributed by atoms with Gasteiger partial charge < -0.3 is 14.6 Å². The molecule has 0 bridgehead atoms. The molecule has 0 aromatic heterocycles. The van der Waals surface area contributed by atoms with Gasteiger partial charge in [0.05, 0.1) is 18.8 Å². The van der Waals surface area contributed by atoms with Gasteiger partial charge in [-0.3, -0.25) is 0 Å². The lowest BCUT2D eigenvalue weighted by molar-refractivity contribution is -0.00922. The van der Waals surface area contributed by atoms with Crippen molar-refractivity contribution in [2.75, 3.05) is 6.61 Å². The molecule has 136 valence electrons. The minimum absolute atomic E-state index is 0.0910.